The first-order valence-electron chi connectivity index (χ1n) is 4.53. The van der Waals surface area contributed by atoms with Gasteiger partial charge in [0.2, 0.25) is 5.91 Å². The Morgan fingerprint density at radius 3 is 2.71 bits per heavy atom. The lowest BCUT2D eigenvalue weighted by atomic mass is 10.0. The summed E-state index contributed by atoms with van der Waals surface area (Å²) in [6.07, 6.45) is 0. The molecule has 3 nitrogen and oxygen atoms in total. The normalized spacial score (nSPS) is 16.1. The van der Waals surface area contributed by atoms with Crippen molar-refractivity contribution >= 4 is 23.2 Å². The van der Waals surface area contributed by atoms with E-state index in [0.717, 1.165) is 13.1 Å². The van der Waals surface area contributed by atoms with Crippen LogP contribution in [0.4, 0.5) is 5.69 Å². The van der Waals surface area contributed by atoms with Crippen molar-refractivity contribution in [3.8, 4) is 0 Å². The molecule has 0 radical (unpaired) electrons. The second kappa shape index (κ2) is 3.98. The maximum absolute atomic E-state index is 11.5. The third kappa shape index (κ3) is 1.89. The van der Waals surface area contributed by atoms with Crippen molar-refractivity contribution in [3.63, 3.8) is 0 Å². The van der Waals surface area contributed by atoms with E-state index in [1.807, 2.05) is 12.1 Å². The van der Waals surface area contributed by atoms with E-state index in [2.05, 4.69) is 10.6 Å². The molecule has 1 aromatic rings. The van der Waals surface area contributed by atoms with Crippen molar-refractivity contribution in [1.82, 2.24) is 5.32 Å². The molecule has 2 rings (SSSR count). The molecule has 1 amide bonds. The summed E-state index contributed by atoms with van der Waals surface area (Å²) < 4.78 is 0. The lowest BCUT2D eigenvalue weighted by molar-refractivity contribution is -0.121. The first-order valence-corrected chi connectivity index (χ1v) is 4.91. The van der Waals surface area contributed by atoms with Crippen LogP contribution in [0.2, 0.25) is 5.02 Å². The van der Waals surface area contributed by atoms with E-state index >= 15 is 0 Å². The summed E-state index contributed by atoms with van der Waals surface area (Å²) in [5.74, 6) is 0.128. The van der Waals surface area contributed by atoms with Gasteiger partial charge in [0.15, 0.2) is 0 Å². The van der Waals surface area contributed by atoms with E-state index in [1.54, 1.807) is 12.1 Å². The zero-order valence-corrected chi connectivity index (χ0v) is 8.34. The molecule has 0 bridgehead atoms. The van der Waals surface area contributed by atoms with Crippen LogP contribution in [0.1, 0.15) is 0 Å². The van der Waals surface area contributed by atoms with Gasteiger partial charge < -0.3 is 10.6 Å². The average molecular weight is 211 g/mol. The molecule has 1 aliphatic heterocycles. The predicted octanol–water partition coefficient (Wildman–Crippen LogP) is 1.50. The standard InChI is InChI=1S/C10H11ClN2O/c11-8-3-1-2-4-9(8)13-10(14)7-5-12-6-7/h1-4,7,12H,5-6H2,(H,13,14). The summed E-state index contributed by atoms with van der Waals surface area (Å²) in [7, 11) is 0. The van der Waals surface area contributed by atoms with Gasteiger partial charge in [-0.1, -0.05) is 23.7 Å². The first kappa shape index (κ1) is 9.49. The molecular formula is C10H11ClN2O. The summed E-state index contributed by atoms with van der Waals surface area (Å²) in [5.41, 5.74) is 0.686. The van der Waals surface area contributed by atoms with Gasteiger partial charge in [0.05, 0.1) is 16.6 Å². The van der Waals surface area contributed by atoms with Crippen LogP contribution >= 0.6 is 11.6 Å². The van der Waals surface area contributed by atoms with Crippen LogP contribution < -0.4 is 10.6 Å². The Morgan fingerprint density at radius 2 is 2.14 bits per heavy atom. The van der Waals surface area contributed by atoms with Crippen LogP contribution in [0.25, 0.3) is 0 Å². The number of hydrogen-bond donors (Lipinski definition) is 2. The van der Waals surface area contributed by atoms with Gasteiger partial charge in [0.1, 0.15) is 0 Å². The quantitative estimate of drug-likeness (QED) is 0.777. The van der Waals surface area contributed by atoms with Gasteiger partial charge in [-0.2, -0.15) is 0 Å². The third-order valence-electron chi connectivity index (χ3n) is 2.28. The summed E-state index contributed by atoms with van der Waals surface area (Å²) >= 11 is 5.90. The van der Waals surface area contributed by atoms with Crippen LogP contribution in [0, 0.1) is 5.92 Å². The molecule has 1 aromatic carbocycles. The van der Waals surface area contributed by atoms with E-state index in [0.29, 0.717) is 10.7 Å². The average Bonchev–Trinajstić information content (AvgIpc) is 2.05. The molecular weight excluding hydrogens is 200 g/mol. The molecule has 1 fully saturated rings. The Balaban J connectivity index is 2.03. The number of nitrogens with one attached hydrogen (secondary N) is 2. The Kier molecular flexibility index (Phi) is 2.70. The zero-order valence-electron chi connectivity index (χ0n) is 7.59. The fraction of sp³-hybridized carbons (Fsp3) is 0.300. The van der Waals surface area contributed by atoms with Gasteiger partial charge in [0.25, 0.3) is 0 Å². The predicted molar refractivity (Wildman–Crippen MR) is 56.4 cm³/mol. The Morgan fingerprint density at radius 1 is 1.43 bits per heavy atom. The van der Waals surface area contributed by atoms with Crippen LogP contribution in [-0.4, -0.2) is 19.0 Å². The summed E-state index contributed by atoms with van der Waals surface area (Å²) in [4.78, 5) is 11.5. The fourth-order valence-corrected chi connectivity index (χ4v) is 1.45. The molecule has 0 spiro atoms. The summed E-state index contributed by atoms with van der Waals surface area (Å²) in [6, 6.07) is 7.24. The van der Waals surface area contributed by atoms with Crippen LogP contribution in [0.5, 0.6) is 0 Å². The van der Waals surface area contributed by atoms with E-state index in [9.17, 15) is 4.79 Å². The smallest absolute Gasteiger partial charge is 0.230 e. The third-order valence-corrected chi connectivity index (χ3v) is 2.61. The highest BCUT2D eigenvalue weighted by Crippen LogP contribution is 2.21. The lowest BCUT2D eigenvalue weighted by Crippen LogP contribution is -2.48. The van der Waals surface area contributed by atoms with Crippen molar-refractivity contribution in [2.24, 2.45) is 5.92 Å². The molecule has 1 aliphatic rings. The Bertz CT molecular complexity index is 350. The second-order valence-electron chi connectivity index (χ2n) is 3.32. The van der Waals surface area contributed by atoms with Gasteiger partial charge in [0, 0.05) is 13.1 Å². The number of amides is 1. The molecule has 0 aromatic heterocycles. The molecule has 4 heteroatoms. The van der Waals surface area contributed by atoms with Gasteiger partial charge in [-0.05, 0) is 12.1 Å². The zero-order chi connectivity index (χ0) is 9.97. The van der Waals surface area contributed by atoms with Crippen LogP contribution in [0.15, 0.2) is 24.3 Å². The van der Waals surface area contributed by atoms with Crippen molar-refractivity contribution in [3.05, 3.63) is 29.3 Å². The Labute approximate surface area is 87.4 Å². The molecule has 0 atom stereocenters. The lowest BCUT2D eigenvalue weighted by Gasteiger charge is -2.25. The number of benzene rings is 1. The number of carbonyl (C=O) groups is 1. The molecule has 0 aliphatic carbocycles. The Hall–Kier alpha value is -1.06. The highest BCUT2D eigenvalue weighted by atomic mass is 35.5. The number of hydrogen-bond acceptors (Lipinski definition) is 2. The minimum atomic E-state index is 0.0388. The highest BCUT2D eigenvalue weighted by molar-refractivity contribution is 6.33. The second-order valence-corrected chi connectivity index (χ2v) is 3.73. The number of rotatable bonds is 2. The minimum Gasteiger partial charge on any atom is -0.324 e. The van der Waals surface area contributed by atoms with Crippen LogP contribution in [-0.2, 0) is 4.79 Å². The van der Waals surface area contributed by atoms with Crippen LogP contribution in [0.3, 0.4) is 0 Å². The molecule has 74 valence electrons. The molecule has 2 N–H and O–H groups in total. The van der Waals surface area contributed by atoms with Gasteiger partial charge in [-0.3, -0.25) is 4.79 Å². The number of para-hydroxylation sites is 1. The van der Waals surface area contributed by atoms with Crippen molar-refractivity contribution in [2.45, 2.75) is 0 Å². The van der Waals surface area contributed by atoms with Gasteiger partial charge in [-0.25, -0.2) is 0 Å². The summed E-state index contributed by atoms with van der Waals surface area (Å²) in [6.45, 7) is 1.52. The molecule has 1 saturated heterocycles. The van der Waals surface area contributed by atoms with Crippen molar-refractivity contribution in [2.75, 3.05) is 18.4 Å². The van der Waals surface area contributed by atoms with Gasteiger partial charge in [-0.15, -0.1) is 0 Å². The van der Waals surface area contributed by atoms with E-state index in [4.69, 9.17) is 11.6 Å². The maximum Gasteiger partial charge on any atom is 0.230 e. The van der Waals surface area contributed by atoms with Crippen molar-refractivity contribution < 1.29 is 4.79 Å². The number of halogens is 1. The highest BCUT2D eigenvalue weighted by Gasteiger charge is 2.24. The largest absolute Gasteiger partial charge is 0.324 e. The molecule has 14 heavy (non-hydrogen) atoms. The first-order chi connectivity index (χ1) is 6.77. The van der Waals surface area contributed by atoms with E-state index in [1.165, 1.54) is 0 Å². The van der Waals surface area contributed by atoms with Crippen molar-refractivity contribution in [1.29, 1.82) is 0 Å². The van der Waals surface area contributed by atoms with E-state index < -0.39 is 0 Å². The topological polar surface area (TPSA) is 41.1 Å². The van der Waals surface area contributed by atoms with Gasteiger partial charge >= 0.3 is 0 Å². The SMILES string of the molecule is O=C(Nc1ccccc1Cl)C1CNC1. The molecule has 0 unspecified atom stereocenters. The minimum absolute atomic E-state index is 0.0388. The molecule has 0 saturated carbocycles. The number of anilines is 1. The fourth-order valence-electron chi connectivity index (χ4n) is 1.27. The van der Waals surface area contributed by atoms with E-state index in [-0.39, 0.29) is 11.8 Å². The molecule has 1 heterocycles. The summed E-state index contributed by atoms with van der Waals surface area (Å²) in [5, 5.41) is 6.43. The number of carbonyl (C=O) groups excluding carboxylic acids is 1. The maximum atomic E-state index is 11.5. The monoisotopic (exact) mass is 210 g/mol.